The molecule has 0 saturated carbocycles. The maximum Gasteiger partial charge on any atom is 0.329 e. The number of aromatic nitrogens is 4. The first-order valence-corrected chi connectivity index (χ1v) is 9.56. The Labute approximate surface area is 171 Å². The molecule has 0 spiro atoms. The van der Waals surface area contributed by atoms with Crippen LogP contribution in [0.4, 0.5) is 0 Å². The number of carbonyl (C=O) groups excluding carboxylic acids is 1. The van der Waals surface area contributed by atoms with Crippen molar-refractivity contribution in [2.45, 2.75) is 19.6 Å². The summed E-state index contributed by atoms with van der Waals surface area (Å²) in [6.07, 6.45) is 0. The summed E-state index contributed by atoms with van der Waals surface area (Å²) in [5, 5.41) is 3.29. The van der Waals surface area contributed by atoms with Gasteiger partial charge >= 0.3 is 5.69 Å². The van der Waals surface area contributed by atoms with Crippen molar-refractivity contribution in [3.05, 3.63) is 98.5 Å². The van der Waals surface area contributed by atoms with Crippen LogP contribution >= 0.6 is 0 Å². The van der Waals surface area contributed by atoms with E-state index in [1.54, 1.807) is 28.8 Å². The summed E-state index contributed by atoms with van der Waals surface area (Å²) in [6, 6.07) is 18.8. The van der Waals surface area contributed by atoms with Gasteiger partial charge in [0.15, 0.2) is 16.9 Å². The van der Waals surface area contributed by atoms with Gasteiger partial charge in [0.25, 0.3) is 5.56 Å². The molecule has 152 valence electrons. The molecule has 0 atom stereocenters. The van der Waals surface area contributed by atoms with Gasteiger partial charge in [-0.05, 0) is 5.56 Å². The Balaban J connectivity index is 1.70. The molecule has 2 N–H and O–H groups in total. The standard InChI is InChI=1S/C22H21N5O3/c1-26-20-19(21(29)25-22(26)30)27(14-17(28)16-10-6-3-7-11-16)18(24-20)13-23-12-15-8-4-2-5-9-15/h2-11,23H,12-14H2,1H3,(H,25,29,30). The van der Waals surface area contributed by atoms with E-state index in [1.165, 1.54) is 11.6 Å². The van der Waals surface area contributed by atoms with Crippen LogP contribution in [0.15, 0.2) is 70.3 Å². The number of aryl methyl sites for hydroxylation is 1. The topological polar surface area (TPSA) is 102 Å². The quantitative estimate of drug-likeness (QED) is 0.457. The van der Waals surface area contributed by atoms with Crippen LogP contribution in [0.25, 0.3) is 11.2 Å². The predicted octanol–water partition coefficient (Wildman–Crippen LogP) is 1.60. The molecule has 8 nitrogen and oxygen atoms in total. The lowest BCUT2D eigenvalue weighted by atomic mass is 10.1. The largest absolute Gasteiger partial charge is 0.329 e. The molecule has 0 radical (unpaired) electrons. The van der Waals surface area contributed by atoms with E-state index in [-0.39, 0.29) is 23.5 Å². The molecule has 8 heteroatoms. The van der Waals surface area contributed by atoms with Crippen LogP contribution in [0.1, 0.15) is 21.7 Å². The van der Waals surface area contributed by atoms with Crippen molar-refractivity contribution in [2.24, 2.45) is 7.05 Å². The number of benzene rings is 2. The molecule has 0 fully saturated rings. The number of nitrogens with one attached hydrogen (secondary N) is 2. The molecule has 2 heterocycles. The van der Waals surface area contributed by atoms with Crippen LogP contribution < -0.4 is 16.6 Å². The smallest absolute Gasteiger partial charge is 0.313 e. The normalized spacial score (nSPS) is 11.1. The minimum atomic E-state index is -0.559. The van der Waals surface area contributed by atoms with Gasteiger partial charge in [-0.15, -0.1) is 0 Å². The van der Waals surface area contributed by atoms with Gasteiger partial charge in [0.1, 0.15) is 5.82 Å². The Morgan fingerprint density at radius 2 is 1.67 bits per heavy atom. The third-order valence-electron chi connectivity index (χ3n) is 4.94. The number of fused-ring (bicyclic) bond motifs is 1. The van der Waals surface area contributed by atoms with Gasteiger partial charge in [0.05, 0.1) is 13.1 Å². The Morgan fingerprint density at radius 3 is 2.37 bits per heavy atom. The summed E-state index contributed by atoms with van der Waals surface area (Å²) in [6.45, 7) is 0.884. The molecule has 30 heavy (non-hydrogen) atoms. The van der Waals surface area contributed by atoms with Crippen molar-refractivity contribution in [2.75, 3.05) is 0 Å². The minimum Gasteiger partial charge on any atom is -0.313 e. The van der Waals surface area contributed by atoms with E-state index in [0.717, 1.165) is 5.56 Å². The summed E-state index contributed by atoms with van der Waals surface area (Å²) in [5.41, 5.74) is 1.000. The number of ketones is 1. The van der Waals surface area contributed by atoms with Gasteiger partial charge in [-0.25, -0.2) is 9.78 Å². The zero-order chi connectivity index (χ0) is 21.1. The molecule has 2 aromatic carbocycles. The van der Waals surface area contributed by atoms with E-state index in [9.17, 15) is 14.4 Å². The lowest BCUT2D eigenvalue weighted by molar-refractivity contribution is 0.0972. The van der Waals surface area contributed by atoms with Crippen molar-refractivity contribution < 1.29 is 4.79 Å². The maximum atomic E-state index is 12.8. The van der Waals surface area contributed by atoms with E-state index in [2.05, 4.69) is 15.3 Å². The molecule has 0 saturated heterocycles. The summed E-state index contributed by atoms with van der Waals surface area (Å²) in [7, 11) is 1.54. The average molecular weight is 403 g/mol. The number of aromatic amines is 1. The van der Waals surface area contributed by atoms with Crippen LogP contribution in [0.2, 0.25) is 0 Å². The number of hydrogen-bond donors (Lipinski definition) is 2. The van der Waals surface area contributed by atoms with E-state index in [4.69, 9.17) is 0 Å². The molecule has 0 unspecified atom stereocenters. The number of hydrogen-bond acceptors (Lipinski definition) is 5. The molecule has 4 aromatic rings. The zero-order valence-electron chi connectivity index (χ0n) is 16.5. The van der Waals surface area contributed by atoms with E-state index < -0.39 is 11.2 Å². The third kappa shape index (κ3) is 3.85. The molecule has 0 aliphatic carbocycles. The van der Waals surface area contributed by atoms with Crippen LogP contribution in [0.5, 0.6) is 0 Å². The van der Waals surface area contributed by atoms with Crippen LogP contribution in [-0.4, -0.2) is 24.9 Å². The number of imidazole rings is 1. The number of nitrogens with zero attached hydrogens (tertiary/aromatic N) is 3. The second kappa shape index (κ2) is 8.30. The maximum absolute atomic E-state index is 12.8. The van der Waals surface area contributed by atoms with Crippen molar-refractivity contribution in [1.82, 2.24) is 24.4 Å². The molecule has 0 bridgehead atoms. The Morgan fingerprint density at radius 1 is 1.00 bits per heavy atom. The van der Waals surface area contributed by atoms with Crippen LogP contribution in [-0.2, 0) is 26.7 Å². The summed E-state index contributed by atoms with van der Waals surface area (Å²) >= 11 is 0. The number of Topliss-reactive ketones (excluding diaryl/α,β-unsaturated/α-hetero) is 1. The SMILES string of the molecule is Cn1c(=O)[nH]c(=O)c2c1nc(CNCc1ccccc1)n2CC(=O)c1ccccc1. The van der Waals surface area contributed by atoms with Gasteiger partial charge < -0.3 is 9.88 Å². The first-order chi connectivity index (χ1) is 14.5. The summed E-state index contributed by atoms with van der Waals surface area (Å²) < 4.78 is 2.86. The predicted molar refractivity (Wildman–Crippen MR) is 113 cm³/mol. The molecular weight excluding hydrogens is 382 g/mol. The molecule has 0 aliphatic heterocycles. The van der Waals surface area contributed by atoms with Gasteiger partial charge in [-0.1, -0.05) is 60.7 Å². The highest BCUT2D eigenvalue weighted by molar-refractivity contribution is 5.96. The third-order valence-corrected chi connectivity index (χ3v) is 4.94. The van der Waals surface area contributed by atoms with Crippen LogP contribution in [0.3, 0.4) is 0 Å². The molecule has 2 aromatic heterocycles. The highest BCUT2D eigenvalue weighted by atomic mass is 16.2. The lowest BCUT2D eigenvalue weighted by Crippen LogP contribution is -2.29. The van der Waals surface area contributed by atoms with E-state index in [1.807, 2.05) is 36.4 Å². The number of carbonyl (C=O) groups is 1. The summed E-state index contributed by atoms with van der Waals surface area (Å²) in [4.78, 5) is 44.1. The molecular formula is C22H21N5O3. The second-order valence-corrected chi connectivity index (χ2v) is 6.98. The van der Waals surface area contributed by atoms with Gasteiger partial charge in [-0.3, -0.25) is 19.1 Å². The molecule has 4 rings (SSSR count). The second-order valence-electron chi connectivity index (χ2n) is 6.98. The molecule has 0 amide bonds. The number of rotatable bonds is 7. The van der Waals surface area contributed by atoms with E-state index in [0.29, 0.717) is 24.5 Å². The first-order valence-electron chi connectivity index (χ1n) is 9.56. The Hall–Kier alpha value is -3.78. The van der Waals surface area contributed by atoms with Gasteiger partial charge in [0, 0.05) is 19.2 Å². The fraction of sp³-hybridized carbons (Fsp3) is 0.182. The average Bonchev–Trinajstić information content (AvgIpc) is 3.12. The van der Waals surface area contributed by atoms with E-state index >= 15 is 0 Å². The van der Waals surface area contributed by atoms with Crippen molar-refractivity contribution in [3.8, 4) is 0 Å². The van der Waals surface area contributed by atoms with Gasteiger partial charge in [-0.2, -0.15) is 0 Å². The van der Waals surface area contributed by atoms with Crippen molar-refractivity contribution in [1.29, 1.82) is 0 Å². The first kappa shape index (κ1) is 19.5. The highest BCUT2D eigenvalue weighted by Gasteiger charge is 2.19. The summed E-state index contributed by atoms with van der Waals surface area (Å²) in [5.74, 6) is 0.365. The van der Waals surface area contributed by atoms with Crippen molar-refractivity contribution >= 4 is 16.9 Å². The fourth-order valence-corrected chi connectivity index (χ4v) is 3.36. The van der Waals surface area contributed by atoms with Crippen molar-refractivity contribution in [3.63, 3.8) is 0 Å². The van der Waals surface area contributed by atoms with Crippen LogP contribution in [0, 0.1) is 0 Å². The lowest BCUT2D eigenvalue weighted by Gasteiger charge is -2.09. The zero-order valence-corrected chi connectivity index (χ0v) is 16.5. The monoisotopic (exact) mass is 403 g/mol. The Bertz CT molecular complexity index is 1300. The highest BCUT2D eigenvalue weighted by Crippen LogP contribution is 2.13. The fourth-order valence-electron chi connectivity index (χ4n) is 3.36. The van der Waals surface area contributed by atoms with Gasteiger partial charge in [0.2, 0.25) is 0 Å². The molecule has 0 aliphatic rings. The number of H-pyrrole nitrogens is 1. The minimum absolute atomic E-state index is 0.0514. The Kier molecular flexibility index (Phi) is 5.40.